The maximum absolute atomic E-state index is 6.62. The molecular weight excluding hydrogens is 168 g/mol. The summed E-state index contributed by atoms with van der Waals surface area (Å²) in [5.74, 6) is 0.263. The molecule has 0 spiro atoms. The summed E-state index contributed by atoms with van der Waals surface area (Å²) in [5, 5.41) is 10.1. The monoisotopic (exact) mass is 180 g/mol. The summed E-state index contributed by atoms with van der Waals surface area (Å²) < 4.78 is 0. The van der Waals surface area contributed by atoms with E-state index in [1.54, 1.807) is 25.2 Å². The average molecular weight is 180 g/mol. The van der Waals surface area contributed by atoms with Crippen molar-refractivity contribution in [3.05, 3.63) is 24.5 Å². The molecule has 5 nitrogen and oxygen atoms in total. The van der Waals surface area contributed by atoms with Gasteiger partial charge < -0.3 is 10.6 Å². The first-order valence-corrected chi connectivity index (χ1v) is 3.60. The lowest BCUT2D eigenvalue weighted by Crippen LogP contribution is -2.06. The van der Waals surface area contributed by atoms with Crippen LogP contribution in [0.5, 0.6) is 0 Å². The number of amidine groups is 1. The van der Waals surface area contributed by atoms with Gasteiger partial charge in [0, 0.05) is 6.21 Å². The van der Waals surface area contributed by atoms with Gasteiger partial charge in [0.05, 0.1) is 0 Å². The number of nitrogens with zero attached hydrogens (tertiary/aromatic N) is 2. The molecule has 5 heteroatoms. The summed E-state index contributed by atoms with van der Waals surface area (Å²) in [6.07, 6.45) is 8.59. The first-order chi connectivity index (χ1) is 6.31. The van der Waals surface area contributed by atoms with Gasteiger partial charge in [0.2, 0.25) is 0 Å². The molecule has 0 saturated carbocycles. The van der Waals surface area contributed by atoms with Crippen LogP contribution in [0.2, 0.25) is 0 Å². The summed E-state index contributed by atoms with van der Waals surface area (Å²) >= 11 is 0. The number of oxime groups is 1. The van der Waals surface area contributed by atoms with Crippen LogP contribution < -0.4 is 5.73 Å². The molecule has 0 rings (SSSR count). The Morgan fingerprint density at radius 3 is 2.85 bits per heavy atom. The molecule has 0 aromatic carbocycles. The Bertz CT molecular complexity index is 253. The van der Waals surface area contributed by atoms with Crippen molar-refractivity contribution in [2.24, 2.45) is 15.9 Å². The Balaban J connectivity index is 3.80. The van der Waals surface area contributed by atoms with Crippen molar-refractivity contribution < 1.29 is 4.84 Å². The number of hydrogen-bond acceptors (Lipinski definition) is 3. The molecule has 0 atom stereocenters. The van der Waals surface area contributed by atoms with Gasteiger partial charge >= 0.3 is 0 Å². The van der Waals surface area contributed by atoms with Crippen molar-refractivity contribution in [3.63, 3.8) is 0 Å². The molecule has 0 aromatic rings. The predicted molar refractivity (Wildman–Crippen MR) is 53.9 cm³/mol. The Hall–Kier alpha value is -1.91. The number of aliphatic imine (C=N–C) groups is 1. The molecule has 0 aliphatic carbocycles. The smallest absolute Gasteiger partial charge is 0.125 e. The highest BCUT2D eigenvalue weighted by molar-refractivity contribution is 5.95. The van der Waals surface area contributed by atoms with E-state index in [0.29, 0.717) is 0 Å². The van der Waals surface area contributed by atoms with Crippen molar-refractivity contribution in [1.29, 1.82) is 5.41 Å². The quantitative estimate of drug-likeness (QED) is 0.218. The number of rotatable bonds is 5. The van der Waals surface area contributed by atoms with E-state index < -0.39 is 0 Å². The summed E-state index contributed by atoms with van der Waals surface area (Å²) in [6.45, 7) is 1.75. The van der Waals surface area contributed by atoms with E-state index in [0.717, 1.165) is 6.34 Å². The number of allylic oxidation sites excluding steroid dienone is 2. The second kappa shape index (κ2) is 8.19. The van der Waals surface area contributed by atoms with Gasteiger partial charge in [-0.1, -0.05) is 11.2 Å². The highest BCUT2D eigenvalue weighted by Crippen LogP contribution is 1.81. The molecule has 0 radical (unpaired) electrons. The maximum atomic E-state index is 6.62. The highest BCUT2D eigenvalue weighted by atomic mass is 16.6. The van der Waals surface area contributed by atoms with Gasteiger partial charge in [-0.2, -0.15) is 0 Å². The van der Waals surface area contributed by atoms with Crippen LogP contribution in [-0.4, -0.2) is 18.4 Å². The van der Waals surface area contributed by atoms with Crippen molar-refractivity contribution in [3.8, 4) is 0 Å². The SMILES string of the molecule is C/C=N/O/C=C/C=C/C(N)=NC=N. The number of nitrogens with two attached hydrogens (primary N) is 1. The first kappa shape index (κ1) is 11.1. The zero-order valence-electron chi connectivity index (χ0n) is 7.34. The molecule has 0 saturated heterocycles. The third-order valence-corrected chi connectivity index (χ3v) is 0.897. The van der Waals surface area contributed by atoms with Gasteiger partial charge in [-0.15, -0.1) is 0 Å². The average Bonchev–Trinajstić information content (AvgIpc) is 2.11. The second-order valence-electron chi connectivity index (χ2n) is 1.84. The molecule has 0 aromatic heterocycles. The lowest BCUT2D eigenvalue weighted by Gasteiger charge is -1.85. The lowest BCUT2D eigenvalue weighted by atomic mass is 10.4. The van der Waals surface area contributed by atoms with E-state index in [1.807, 2.05) is 0 Å². The molecule has 13 heavy (non-hydrogen) atoms. The van der Waals surface area contributed by atoms with Crippen LogP contribution in [0, 0.1) is 5.41 Å². The standard InChI is InChI=1S/C8H12N4O/c1-2-12-13-6-4-3-5-8(10)11-7-9/h2-7H,1H3,(H3,9,10,11)/b5-3+,6-4+,12-2+. The van der Waals surface area contributed by atoms with Gasteiger partial charge in [0.15, 0.2) is 0 Å². The largest absolute Gasteiger partial charge is 0.384 e. The van der Waals surface area contributed by atoms with Crippen LogP contribution in [0.1, 0.15) is 6.92 Å². The van der Waals surface area contributed by atoms with E-state index in [-0.39, 0.29) is 5.84 Å². The Labute approximate surface area is 76.8 Å². The van der Waals surface area contributed by atoms with Crippen molar-refractivity contribution in [2.45, 2.75) is 6.92 Å². The van der Waals surface area contributed by atoms with Crippen LogP contribution in [0.4, 0.5) is 0 Å². The zero-order valence-corrected chi connectivity index (χ0v) is 7.34. The molecule has 0 heterocycles. The molecule has 0 unspecified atom stereocenters. The van der Waals surface area contributed by atoms with Crippen LogP contribution in [0.25, 0.3) is 0 Å². The summed E-state index contributed by atoms with van der Waals surface area (Å²) in [4.78, 5) is 8.14. The number of hydrogen-bond donors (Lipinski definition) is 2. The maximum Gasteiger partial charge on any atom is 0.125 e. The molecular formula is C8H12N4O. The molecule has 70 valence electrons. The molecule has 0 aliphatic heterocycles. The van der Waals surface area contributed by atoms with E-state index in [4.69, 9.17) is 11.1 Å². The van der Waals surface area contributed by atoms with Gasteiger partial charge in [0.1, 0.15) is 18.4 Å². The molecule has 0 fully saturated rings. The van der Waals surface area contributed by atoms with Crippen LogP contribution in [0.15, 0.2) is 34.6 Å². The second-order valence-corrected chi connectivity index (χ2v) is 1.84. The number of nitrogens with one attached hydrogen (secondary N) is 1. The van der Waals surface area contributed by atoms with E-state index >= 15 is 0 Å². The normalized spacial score (nSPS) is 13.2. The summed E-state index contributed by atoms with van der Waals surface area (Å²) in [7, 11) is 0. The van der Waals surface area contributed by atoms with Crippen molar-refractivity contribution in [1.82, 2.24) is 0 Å². The third kappa shape index (κ3) is 7.99. The minimum absolute atomic E-state index is 0.263. The van der Waals surface area contributed by atoms with Crippen LogP contribution >= 0.6 is 0 Å². The highest BCUT2D eigenvalue weighted by Gasteiger charge is 1.77. The Morgan fingerprint density at radius 2 is 2.23 bits per heavy atom. The molecule has 3 N–H and O–H groups in total. The van der Waals surface area contributed by atoms with Gasteiger partial charge in [-0.3, -0.25) is 5.41 Å². The first-order valence-electron chi connectivity index (χ1n) is 3.60. The van der Waals surface area contributed by atoms with Crippen LogP contribution in [0.3, 0.4) is 0 Å². The fourth-order valence-corrected chi connectivity index (χ4v) is 0.448. The third-order valence-electron chi connectivity index (χ3n) is 0.897. The van der Waals surface area contributed by atoms with Crippen molar-refractivity contribution in [2.75, 3.05) is 0 Å². The van der Waals surface area contributed by atoms with Gasteiger partial charge in [-0.05, 0) is 19.1 Å². The van der Waals surface area contributed by atoms with Gasteiger partial charge in [0.25, 0.3) is 0 Å². The van der Waals surface area contributed by atoms with E-state index in [1.165, 1.54) is 12.5 Å². The molecule has 0 bridgehead atoms. The van der Waals surface area contributed by atoms with Crippen molar-refractivity contribution >= 4 is 18.4 Å². The molecule has 0 amide bonds. The Morgan fingerprint density at radius 1 is 1.46 bits per heavy atom. The van der Waals surface area contributed by atoms with E-state index in [9.17, 15) is 0 Å². The minimum Gasteiger partial charge on any atom is -0.384 e. The van der Waals surface area contributed by atoms with E-state index in [2.05, 4.69) is 15.0 Å². The summed E-state index contributed by atoms with van der Waals surface area (Å²) in [6, 6.07) is 0. The summed E-state index contributed by atoms with van der Waals surface area (Å²) in [5.41, 5.74) is 5.33. The topological polar surface area (TPSA) is 83.8 Å². The minimum atomic E-state index is 0.263. The zero-order chi connectivity index (χ0) is 9.94. The van der Waals surface area contributed by atoms with Crippen LogP contribution in [-0.2, 0) is 4.84 Å². The Kier molecular flexibility index (Phi) is 6.99. The fraction of sp³-hybridized carbons (Fsp3) is 0.125. The lowest BCUT2D eigenvalue weighted by molar-refractivity contribution is 0.270. The molecule has 0 aliphatic rings. The van der Waals surface area contributed by atoms with Gasteiger partial charge in [-0.25, -0.2) is 4.99 Å². The fourth-order valence-electron chi connectivity index (χ4n) is 0.448. The predicted octanol–water partition coefficient (Wildman–Crippen LogP) is 1.04.